The van der Waals surface area contributed by atoms with Crippen LogP contribution in [0, 0.1) is 6.92 Å². The van der Waals surface area contributed by atoms with Gasteiger partial charge in [-0.25, -0.2) is 0 Å². The lowest BCUT2D eigenvalue weighted by Gasteiger charge is -2.09. The second-order valence-electron chi connectivity index (χ2n) is 4.70. The van der Waals surface area contributed by atoms with Crippen LogP contribution in [0.3, 0.4) is 0 Å². The molecule has 20 heavy (non-hydrogen) atoms. The van der Waals surface area contributed by atoms with Gasteiger partial charge in [0.25, 0.3) is 0 Å². The Labute approximate surface area is 120 Å². The molecule has 0 saturated carbocycles. The second-order valence-corrected chi connectivity index (χ2v) is 4.70. The molecule has 0 aromatic heterocycles. The second kappa shape index (κ2) is 7.56. The van der Waals surface area contributed by atoms with Crippen molar-refractivity contribution in [3.05, 3.63) is 59.7 Å². The fraction of sp³-hybridized carbons (Fsp3) is 0.294. The molecule has 0 spiro atoms. The lowest BCUT2D eigenvalue weighted by atomic mass is 10.1. The topological polar surface area (TPSA) is 30.5 Å². The maximum Gasteiger partial charge on any atom is 0.119 e. The summed E-state index contributed by atoms with van der Waals surface area (Å²) in [4.78, 5) is 0. The molecule has 0 aliphatic heterocycles. The Kier molecular flexibility index (Phi) is 5.44. The first-order chi connectivity index (χ1) is 9.78. The van der Waals surface area contributed by atoms with Gasteiger partial charge < -0.3 is 14.8 Å². The fourth-order valence-electron chi connectivity index (χ4n) is 1.82. The van der Waals surface area contributed by atoms with Gasteiger partial charge in [0.15, 0.2) is 0 Å². The molecule has 2 aromatic rings. The molecule has 0 aliphatic carbocycles. The normalized spacial score (nSPS) is 10.3. The van der Waals surface area contributed by atoms with E-state index in [9.17, 15) is 0 Å². The van der Waals surface area contributed by atoms with Crippen LogP contribution < -0.4 is 10.1 Å². The smallest absolute Gasteiger partial charge is 0.119 e. The van der Waals surface area contributed by atoms with Crippen LogP contribution in [-0.4, -0.2) is 20.3 Å². The predicted molar refractivity (Wildman–Crippen MR) is 82.3 cm³/mol. The van der Waals surface area contributed by atoms with Crippen molar-refractivity contribution < 1.29 is 9.47 Å². The fourth-order valence-corrected chi connectivity index (χ4v) is 1.82. The van der Waals surface area contributed by atoms with Crippen molar-refractivity contribution in [2.45, 2.75) is 13.5 Å². The molecular formula is C17H21NO2. The van der Waals surface area contributed by atoms with Crippen molar-refractivity contribution in [1.82, 2.24) is 0 Å². The zero-order valence-electron chi connectivity index (χ0n) is 12.1. The minimum absolute atomic E-state index is 0.576. The number of ether oxygens (including phenoxy) is 2. The molecule has 0 aliphatic rings. The van der Waals surface area contributed by atoms with E-state index in [1.54, 1.807) is 7.11 Å². The minimum Gasteiger partial charge on any atom is -0.491 e. The van der Waals surface area contributed by atoms with Crippen molar-refractivity contribution in [3.63, 3.8) is 0 Å². The van der Waals surface area contributed by atoms with Crippen molar-refractivity contribution in [2.24, 2.45) is 0 Å². The van der Waals surface area contributed by atoms with E-state index in [-0.39, 0.29) is 0 Å². The molecule has 3 nitrogen and oxygen atoms in total. The van der Waals surface area contributed by atoms with E-state index in [2.05, 4.69) is 36.5 Å². The van der Waals surface area contributed by atoms with Gasteiger partial charge in [0.05, 0.1) is 6.61 Å². The molecule has 106 valence electrons. The Morgan fingerprint density at radius 3 is 2.25 bits per heavy atom. The number of nitrogens with one attached hydrogen (secondary N) is 1. The summed E-state index contributed by atoms with van der Waals surface area (Å²) in [7, 11) is 1.67. The number of hydrogen-bond donors (Lipinski definition) is 1. The Bertz CT molecular complexity index is 506. The Hall–Kier alpha value is -2.00. The highest BCUT2D eigenvalue weighted by atomic mass is 16.5. The van der Waals surface area contributed by atoms with Crippen molar-refractivity contribution in [3.8, 4) is 5.75 Å². The van der Waals surface area contributed by atoms with E-state index in [0.717, 1.165) is 18.0 Å². The third-order valence-electron chi connectivity index (χ3n) is 3.03. The van der Waals surface area contributed by atoms with Gasteiger partial charge in [0.2, 0.25) is 0 Å². The van der Waals surface area contributed by atoms with Gasteiger partial charge in [0.1, 0.15) is 12.4 Å². The standard InChI is InChI=1S/C17H21NO2/c1-14-3-5-15(6-4-14)13-18-16-7-9-17(10-8-16)20-12-11-19-2/h3-10,18H,11-13H2,1-2H3. The number of aryl methyl sites for hydroxylation is 1. The van der Waals surface area contributed by atoms with E-state index in [1.165, 1.54) is 11.1 Å². The Morgan fingerprint density at radius 1 is 0.900 bits per heavy atom. The highest BCUT2D eigenvalue weighted by Gasteiger charge is 1.96. The van der Waals surface area contributed by atoms with Crippen LogP contribution in [-0.2, 0) is 11.3 Å². The number of hydrogen-bond acceptors (Lipinski definition) is 3. The van der Waals surface area contributed by atoms with Gasteiger partial charge >= 0.3 is 0 Å². The highest BCUT2D eigenvalue weighted by molar-refractivity contribution is 5.46. The summed E-state index contributed by atoms with van der Waals surface area (Å²) in [5.41, 5.74) is 3.65. The van der Waals surface area contributed by atoms with E-state index in [1.807, 2.05) is 24.3 Å². The summed E-state index contributed by atoms with van der Waals surface area (Å²) in [6.45, 7) is 4.10. The third kappa shape index (κ3) is 4.59. The van der Waals surface area contributed by atoms with Gasteiger partial charge in [-0.05, 0) is 36.8 Å². The van der Waals surface area contributed by atoms with Gasteiger partial charge in [-0.1, -0.05) is 29.8 Å². The molecule has 0 saturated heterocycles. The summed E-state index contributed by atoms with van der Waals surface area (Å²) in [6, 6.07) is 16.5. The Morgan fingerprint density at radius 2 is 1.60 bits per heavy atom. The molecule has 0 heterocycles. The molecule has 0 atom stereocenters. The molecule has 3 heteroatoms. The van der Waals surface area contributed by atoms with Crippen molar-refractivity contribution in [1.29, 1.82) is 0 Å². The van der Waals surface area contributed by atoms with E-state index >= 15 is 0 Å². The predicted octanol–water partition coefficient (Wildman–Crippen LogP) is 3.63. The minimum atomic E-state index is 0.576. The zero-order valence-corrected chi connectivity index (χ0v) is 12.1. The summed E-state index contributed by atoms with van der Waals surface area (Å²) < 4.78 is 10.5. The molecule has 0 amide bonds. The van der Waals surface area contributed by atoms with Gasteiger partial charge in [-0.15, -0.1) is 0 Å². The van der Waals surface area contributed by atoms with Crippen LogP contribution in [0.25, 0.3) is 0 Å². The average Bonchev–Trinajstić information content (AvgIpc) is 2.48. The summed E-state index contributed by atoms with van der Waals surface area (Å²) in [6.07, 6.45) is 0. The van der Waals surface area contributed by atoms with Crippen LogP contribution in [0.15, 0.2) is 48.5 Å². The molecule has 1 N–H and O–H groups in total. The summed E-state index contributed by atoms with van der Waals surface area (Å²) in [5.74, 6) is 0.864. The van der Waals surface area contributed by atoms with Crippen molar-refractivity contribution >= 4 is 5.69 Å². The lowest BCUT2D eigenvalue weighted by molar-refractivity contribution is 0.146. The van der Waals surface area contributed by atoms with Crippen LogP contribution in [0.1, 0.15) is 11.1 Å². The quantitative estimate of drug-likeness (QED) is 0.780. The monoisotopic (exact) mass is 271 g/mol. The summed E-state index contributed by atoms with van der Waals surface area (Å²) >= 11 is 0. The van der Waals surface area contributed by atoms with Gasteiger partial charge in [-0.3, -0.25) is 0 Å². The largest absolute Gasteiger partial charge is 0.491 e. The first kappa shape index (κ1) is 14.4. The zero-order chi connectivity index (χ0) is 14.2. The molecule has 0 fully saturated rings. The van der Waals surface area contributed by atoms with Gasteiger partial charge in [-0.2, -0.15) is 0 Å². The maximum atomic E-state index is 5.52. The molecule has 2 rings (SSSR count). The Balaban J connectivity index is 1.82. The molecular weight excluding hydrogens is 250 g/mol. The first-order valence-corrected chi connectivity index (χ1v) is 6.79. The van der Waals surface area contributed by atoms with Crippen LogP contribution in [0.5, 0.6) is 5.75 Å². The number of rotatable bonds is 7. The molecule has 0 radical (unpaired) electrons. The molecule has 2 aromatic carbocycles. The van der Waals surface area contributed by atoms with E-state index in [0.29, 0.717) is 13.2 Å². The SMILES string of the molecule is COCCOc1ccc(NCc2ccc(C)cc2)cc1. The number of methoxy groups -OCH3 is 1. The van der Waals surface area contributed by atoms with Crippen LogP contribution in [0.2, 0.25) is 0 Å². The summed E-state index contributed by atoms with van der Waals surface area (Å²) in [5, 5.41) is 3.39. The number of benzene rings is 2. The number of anilines is 1. The van der Waals surface area contributed by atoms with Gasteiger partial charge in [0, 0.05) is 19.3 Å². The highest BCUT2D eigenvalue weighted by Crippen LogP contribution is 2.16. The van der Waals surface area contributed by atoms with Crippen molar-refractivity contribution in [2.75, 3.05) is 25.6 Å². The molecule has 0 unspecified atom stereocenters. The average molecular weight is 271 g/mol. The van der Waals surface area contributed by atoms with E-state index in [4.69, 9.17) is 9.47 Å². The first-order valence-electron chi connectivity index (χ1n) is 6.79. The maximum absolute atomic E-state index is 5.52. The third-order valence-corrected chi connectivity index (χ3v) is 3.03. The lowest BCUT2D eigenvalue weighted by Crippen LogP contribution is -2.04. The molecule has 0 bridgehead atoms. The van der Waals surface area contributed by atoms with E-state index < -0.39 is 0 Å². The van der Waals surface area contributed by atoms with Crippen LogP contribution >= 0.6 is 0 Å². The van der Waals surface area contributed by atoms with Crippen LogP contribution in [0.4, 0.5) is 5.69 Å².